The van der Waals surface area contributed by atoms with Crippen molar-refractivity contribution in [2.24, 2.45) is 5.92 Å². The largest absolute Gasteiger partial charge is 0.343 e. The summed E-state index contributed by atoms with van der Waals surface area (Å²) in [5.41, 5.74) is 0.903. The Labute approximate surface area is 120 Å². The third-order valence-corrected chi connectivity index (χ3v) is 4.10. The Balaban J connectivity index is 1.90. The average Bonchev–Trinajstić information content (AvgIpc) is 2.45. The van der Waals surface area contributed by atoms with Gasteiger partial charge in [-0.2, -0.15) is 0 Å². The molecule has 0 spiro atoms. The van der Waals surface area contributed by atoms with Gasteiger partial charge in [-0.25, -0.2) is 0 Å². The minimum atomic E-state index is 0.108. The van der Waals surface area contributed by atoms with Crippen LogP contribution in [0.15, 0.2) is 23.1 Å². The lowest BCUT2D eigenvalue weighted by Crippen LogP contribution is -2.40. The van der Waals surface area contributed by atoms with Gasteiger partial charge < -0.3 is 9.47 Å². The number of hydrogen-bond acceptors (Lipinski definition) is 2. The van der Waals surface area contributed by atoms with Gasteiger partial charge >= 0.3 is 0 Å². The molecule has 20 heavy (non-hydrogen) atoms. The van der Waals surface area contributed by atoms with Gasteiger partial charge in [0.15, 0.2) is 0 Å². The van der Waals surface area contributed by atoms with Crippen LogP contribution < -0.4 is 5.56 Å². The van der Waals surface area contributed by atoms with Crippen LogP contribution in [0, 0.1) is 12.8 Å². The van der Waals surface area contributed by atoms with Gasteiger partial charge in [0, 0.05) is 37.8 Å². The number of pyridine rings is 1. The Bertz CT molecular complexity index is 513. The van der Waals surface area contributed by atoms with Crippen molar-refractivity contribution in [2.45, 2.75) is 46.1 Å². The van der Waals surface area contributed by atoms with Crippen LogP contribution in [-0.4, -0.2) is 28.5 Å². The summed E-state index contributed by atoms with van der Waals surface area (Å²) in [7, 11) is 0. The molecule has 0 N–H and O–H groups in total. The molecule has 0 saturated carbocycles. The lowest BCUT2D eigenvalue weighted by Gasteiger charge is -2.32. The van der Waals surface area contributed by atoms with Gasteiger partial charge in [0.25, 0.3) is 5.56 Å². The van der Waals surface area contributed by atoms with Crippen LogP contribution >= 0.6 is 0 Å². The fourth-order valence-corrected chi connectivity index (χ4v) is 2.82. The van der Waals surface area contributed by atoms with E-state index in [1.807, 2.05) is 41.6 Å². The highest BCUT2D eigenvalue weighted by molar-refractivity contribution is 5.76. The molecule has 1 amide bonds. The van der Waals surface area contributed by atoms with E-state index in [0.717, 1.165) is 44.5 Å². The summed E-state index contributed by atoms with van der Waals surface area (Å²) < 4.78 is 1.81. The van der Waals surface area contributed by atoms with Crippen LogP contribution in [0.5, 0.6) is 0 Å². The number of hydrogen-bond donors (Lipinski definition) is 0. The smallest absolute Gasteiger partial charge is 0.253 e. The molecule has 1 aliphatic rings. The molecular formula is C16H24N2O2. The summed E-state index contributed by atoms with van der Waals surface area (Å²) in [6.07, 6.45) is 5.43. The van der Waals surface area contributed by atoms with Crippen molar-refractivity contribution in [3.05, 3.63) is 34.2 Å². The lowest BCUT2D eigenvalue weighted by molar-refractivity contribution is -0.132. The van der Waals surface area contributed by atoms with Gasteiger partial charge in [0.2, 0.25) is 5.91 Å². The van der Waals surface area contributed by atoms with E-state index < -0.39 is 0 Å². The van der Waals surface area contributed by atoms with E-state index in [-0.39, 0.29) is 11.5 Å². The Morgan fingerprint density at radius 2 is 2.05 bits per heavy atom. The average molecular weight is 276 g/mol. The molecule has 0 aliphatic carbocycles. The molecule has 4 nitrogen and oxygen atoms in total. The minimum Gasteiger partial charge on any atom is -0.343 e. The number of nitrogens with zero attached hydrogens (tertiary/aromatic N) is 2. The number of carbonyl (C=O) groups is 1. The number of aromatic nitrogens is 1. The van der Waals surface area contributed by atoms with E-state index >= 15 is 0 Å². The quantitative estimate of drug-likeness (QED) is 0.846. The number of likely N-dealkylation sites (tertiary alicyclic amines) is 1. The van der Waals surface area contributed by atoms with Crippen LogP contribution in [0.4, 0.5) is 0 Å². The van der Waals surface area contributed by atoms with Crippen LogP contribution in [0.25, 0.3) is 0 Å². The topological polar surface area (TPSA) is 42.3 Å². The highest BCUT2D eigenvalue weighted by atomic mass is 16.2. The predicted molar refractivity (Wildman–Crippen MR) is 79.7 cm³/mol. The predicted octanol–water partition coefficient (Wildman–Crippen LogP) is 2.20. The first-order valence-corrected chi connectivity index (χ1v) is 7.55. The third kappa shape index (κ3) is 3.50. The van der Waals surface area contributed by atoms with Crippen LogP contribution in [0.1, 0.15) is 38.2 Å². The summed E-state index contributed by atoms with van der Waals surface area (Å²) in [6, 6.07) is 3.78. The Morgan fingerprint density at radius 3 is 2.70 bits per heavy atom. The third-order valence-electron chi connectivity index (χ3n) is 4.10. The van der Waals surface area contributed by atoms with Crippen LogP contribution in [0.2, 0.25) is 0 Å². The van der Waals surface area contributed by atoms with Crippen molar-refractivity contribution in [3.8, 4) is 0 Å². The maximum atomic E-state index is 12.0. The monoisotopic (exact) mass is 276 g/mol. The van der Waals surface area contributed by atoms with Gasteiger partial charge in [-0.3, -0.25) is 9.59 Å². The van der Waals surface area contributed by atoms with Gasteiger partial charge in [0.1, 0.15) is 0 Å². The number of rotatable bonds is 4. The van der Waals surface area contributed by atoms with Gasteiger partial charge in [-0.1, -0.05) is 13.0 Å². The fraction of sp³-hybridized carbons (Fsp3) is 0.625. The SMILES string of the molecule is CCCC(=O)N1CCC(Cn2cccc(C)c2=O)CC1. The van der Waals surface area contributed by atoms with E-state index in [9.17, 15) is 9.59 Å². The molecule has 1 aromatic rings. The Hall–Kier alpha value is -1.58. The summed E-state index contributed by atoms with van der Waals surface area (Å²) in [5.74, 6) is 0.777. The molecule has 0 bridgehead atoms. The second-order valence-corrected chi connectivity index (χ2v) is 5.72. The van der Waals surface area contributed by atoms with E-state index in [0.29, 0.717) is 12.3 Å². The molecular weight excluding hydrogens is 252 g/mol. The zero-order valence-electron chi connectivity index (χ0n) is 12.5. The maximum Gasteiger partial charge on any atom is 0.253 e. The molecule has 1 aliphatic heterocycles. The van der Waals surface area contributed by atoms with Crippen LogP contribution in [-0.2, 0) is 11.3 Å². The number of amides is 1. The van der Waals surface area contributed by atoms with E-state index in [2.05, 4.69) is 0 Å². The normalized spacial score (nSPS) is 16.4. The van der Waals surface area contributed by atoms with E-state index in [1.165, 1.54) is 0 Å². The second kappa shape index (κ2) is 6.73. The zero-order chi connectivity index (χ0) is 14.5. The first kappa shape index (κ1) is 14.8. The lowest BCUT2D eigenvalue weighted by atomic mass is 9.96. The minimum absolute atomic E-state index is 0.108. The molecule has 0 aromatic carbocycles. The van der Waals surface area contributed by atoms with Crippen molar-refractivity contribution in [2.75, 3.05) is 13.1 Å². The number of piperidine rings is 1. The Morgan fingerprint density at radius 1 is 1.35 bits per heavy atom. The number of carbonyl (C=O) groups excluding carboxylic acids is 1. The standard InChI is InChI=1S/C16H24N2O2/c1-3-5-15(19)17-10-7-14(8-11-17)12-18-9-4-6-13(2)16(18)20/h4,6,9,14H,3,5,7-8,10-12H2,1-2H3. The van der Waals surface area contributed by atoms with Crippen LogP contribution in [0.3, 0.4) is 0 Å². The van der Waals surface area contributed by atoms with Crippen molar-refractivity contribution >= 4 is 5.91 Å². The maximum absolute atomic E-state index is 12.0. The van der Waals surface area contributed by atoms with Gasteiger partial charge in [-0.15, -0.1) is 0 Å². The van der Waals surface area contributed by atoms with E-state index in [4.69, 9.17) is 0 Å². The molecule has 2 rings (SSSR count). The summed E-state index contributed by atoms with van der Waals surface area (Å²) >= 11 is 0. The zero-order valence-corrected chi connectivity index (χ0v) is 12.5. The Kier molecular flexibility index (Phi) is 4.99. The van der Waals surface area contributed by atoms with Gasteiger partial charge in [0.05, 0.1) is 0 Å². The fourth-order valence-electron chi connectivity index (χ4n) is 2.82. The van der Waals surface area contributed by atoms with Gasteiger partial charge in [-0.05, 0) is 38.2 Å². The molecule has 0 radical (unpaired) electrons. The summed E-state index contributed by atoms with van der Waals surface area (Å²) in [5, 5.41) is 0. The highest BCUT2D eigenvalue weighted by Gasteiger charge is 2.22. The molecule has 0 unspecified atom stereocenters. The molecule has 110 valence electrons. The number of aryl methyl sites for hydroxylation is 1. The van der Waals surface area contributed by atoms with Crippen molar-refractivity contribution in [1.29, 1.82) is 0 Å². The van der Waals surface area contributed by atoms with Crippen molar-refractivity contribution in [3.63, 3.8) is 0 Å². The summed E-state index contributed by atoms with van der Waals surface area (Å²) in [6.45, 7) is 6.34. The van der Waals surface area contributed by atoms with Crippen molar-refractivity contribution in [1.82, 2.24) is 9.47 Å². The second-order valence-electron chi connectivity index (χ2n) is 5.72. The molecule has 1 fully saturated rings. The first-order valence-electron chi connectivity index (χ1n) is 7.55. The highest BCUT2D eigenvalue weighted by Crippen LogP contribution is 2.19. The molecule has 1 saturated heterocycles. The van der Waals surface area contributed by atoms with E-state index in [1.54, 1.807) is 0 Å². The van der Waals surface area contributed by atoms with Crippen molar-refractivity contribution < 1.29 is 4.79 Å². The molecule has 0 atom stereocenters. The molecule has 4 heteroatoms. The molecule has 1 aromatic heterocycles. The summed E-state index contributed by atoms with van der Waals surface area (Å²) in [4.78, 5) is 25.8. The molecule has 2 heterocycles. The first-order chi connectivity index (χ1) is 9.61.